The lowest BCUT2D eigenvalue weighted by molar-refractivity contribution is -0.137. The Morgan fingerprint density at radius 3 is 2.51 bits per heavy atom. The maximum atomic E-state index is 13.2. The van der Waals surface area contributed by atoms with Crippen LogP contribution < -0.4 is 10.6 Å². The molecule has 5 rings (SSSR count). The van der Waals surface area contributed by atoms with Gasteiger partial charge in [0.05, 0.1) is 17.0 Å². The quantitative estimate of drug-likeness (QED) is 0.308. The van der Waals surface area contributed by atoms with Gasteiger partial charge in [0.15, 0.2) is 0 Å². The van der Waals surface area contributed by atoms with Crippen LogP contribution in [0.25, 0.3) is 11.3 Å². The number of benzene rings is 3. The van der Waals surface area contributed by atoms with E-state index in [-0.39, 0.29) is 12.3 Å². The number of hydrogen-bond acceptors (Lipinski definition) is 4. The minimum Gasteiger partial charge on any atom is -0.481 e. The number of fused-ring (bicyclic) bond motifs is 1. The fourth-order valence-corrected chi connectivity index (χ4v) is 5.19. The minimum absolute atomic E-state index is 0.0447. The number of amides is 1. The largest absolute Gasteiger partial charge is 0.481 e. The third-order valence-corrected chi connectivity index (χ3v) is 7.13. The molecule has 2 aliphatic rings. The molecule has 0 atom stereocenters. The normalized spacial score (nSPS) is 16.7. The zero-order valence-electron chi connectivity index (χ0n) is 20.6. The van der Waals surface area contributed by atoms with Crippen LogP contribution in [0.1, 0.15) is 47.9 Å². The van der Waals surface area contributed by atoms with Crippen LogP contribution in [0.4, 0.5) is 11.4 Å². The average molecular weight is 516 g/mol. The second-order valence-electron chi connectivity index (χ2n) is 9.65. The number of hydrogen-bond donors (Lipinski definition) is 3. The molecule has 0 saturated carbocycles. The summed E-state index contributed by atoms with van der Waals surface area (Å²) in [6, 6.07) is 21.4. The fraction of sp³-hybridized carbons (Fsp3) is 0.267. The molecular weight excluding hydrogens is 486 g/mol. The second-order valence-corrected chi connectivity index (χ2v) is 10.1. The standard InChI is InChI=1S/C30H30ClN3O3/c31-23-10-13-25-26(18-23)33-30(37)28(25)29(22-6-4-5-20(17-22)9-14-27(35)36)32-24-11-7-21(8-12-24)19-34-15-2-1-3-16-34/h4-8,10-13,17-18,32H,1-3,9,14-16,19H2,(H,33,37)(H,35,36)/b29-28-. The van der Waals surface area contributed by atoms with Crippen LogP contribution >= 0.6 is 11.6 Å². The first kappa shape index (κ1) is 25.1. The Balaban J connectivity index is 1.49. The first-order valence-electron chi connectivity index (χ1n) is 12.7. The number of likely N-dealkylation sites (tertiary alicyclic amines) is 1. The third-order valence-electron chi connectivity index (χ3n) is 6.90. The van der Waals surface area contributed by atoms with Gasteiger partial charge in [0.2, 0.25) is 0 Å². The Bertz CT molecular complexity index is 1340. The Morgan fingerprint density at radius 1 is 0.973 bits per heavy atom. The van der Waals surface area contributed by atoms with Gasteiger partial charge >= 0.3 is 5.97 Å². The Morgan fingerprint density at radius 2 is 1.76 bits per heavy atom. The topological polar surface area (TPSA) is 81.7 Å². The van der Waals surface area contributed by atoms with Crippen molar-refractivity contribution in [2.75, 3.05) is 23.7 Å². The molecule has 3 aromatic rings. The zero-order valence-corrected chi connectivity index (χ0v) is 21.4. The monoisotopic (exact) mass is 515 g/mol. The van der Waals surface area contributed by atoms with Crippen molar-refractivity contribution in [1.29, 1.82) is 0 Å². The number of carboxylic acid groups (broad SMARTS) is 1. The van der Waals surface area contributed by atoms with Gasteiger partial charge in [0, 0.05) is 29.2 Å². The summed E-state index contributed by atoms with van der Waals surface area (Å²) < 4.78 is 0. The number of halogens is 1. The van der Waals surface area contributed by atoms with E-state index in [1.165, 1.54) is 24.8 Å². The van der Waals surface area contributed by atoms with Gasteiger partial charge in [-0.1, -0.05) is 54.4 Å². The molecule has 2 aliphatic heterocycles. The van der Waals surface area contributed by atoms with E-state index in [2.05, 4.69) is 27.7 Å². The number of rotatable bonds is 8. The number of anilines is 2. The zero-order chi connectivity index (χ0) is 25.8. The maximum absolute atomic E-state index is 13.2. The molecule has 0 aliphatic carbocycles. The van der Waals surface area contributed by atoms with Crippen molar-refractivity contribution in [2.24, 2.45) is 0 Å². The molecule has 0 bridgehead atoms. The van der Waals surface area contributed by atoms with E-state index in [0.29, 0.717) is 28.4 Å². The molecule has 7 heteroatoms. The van der Waals surface area contributed by atoms with Gasteiger partial charge in [-0.15, -0.1) is 0 Å². The van der Waals surface area contributed by atoms with Crippen molar-refractivity contribution in [2.45, 2.75) is 38.6 Å². The summed E-state index contributed by atoms with van der Waals surface area (Å²) in [7, 11) is 0. The van der Waals surface area contributed by atoms with Crippen LogP contribution in [0.3, 0.4) is 0 Å². The van der Waals surface area contributed by atoms with E-state index in [1.807, 2.05) is 42.5 Å². The molecule has 3 aromatic carbocycles. The van der Waals surface area contributed by atoms with Gasteiger partial charge < -0.3 is 15.7 Å². The molecule has 1 saturated heterocycles. The molecule has 0 spiro atoms. The molecule has 2 heterocycles. The average Bonchev–Trinajstić information content (AvgIpc) is 3.22. The first-order valence-corrected chi connectivity index (χ1v) is 13.1. The molecule has 1 fully saturated rings. The molecule has 6 nitrogen and oxygen atoms in total. The summed E-state index contributed by atoms with van der Waals surface area (Å²) in [6.07, 6.45) is 4.30. The van der Waals surface area contributed by atoms with Crippen molar-refractivity contribution in [3.63, 3.8) is 0 Å². The molecule has 1 amide bonds. The lowest BCUT2D eigenvalue weighted by Gasteiger charge is -2.26. The summed E-state index contributed by atoms with van der Waals surface area (Å²) in [5, 5.41) is 16.1. The number of aliphatic carboxylic acids is 1. The van der Waals surface area contributed by atoms with Crippen molar-refractivity contribution in [3.05, 3.63) is 94.0 Å². The van der Waals surface area contributed by atoms with Gasteiger partial charge in [0.25, 0.3) is 5.91 Å². The lowest BCUT2D eigenvalue weighted by atomic mass is 9.97. The minimum atomic E-state index is -0.840. The maximum Gasteiger partial charge on any atom is 0.303 e. The highest BCUT2D eigenvalue weighted by atomic mass is 35.5. The van der Waals surface area contributed by atoms with Crippen LogP contribution in [0, 0.1) is 0 Å². The van der Waals surface area contributed by atoms with Gasteiger partial charge in [-0.2, -0.15) is 0 Å². The number of carbonyl (C=O) groups is 2. The summed E-state index contributed by atoms with van der Waals surface area (Å²) in [6.45, 7) is 3.23. The van der Waals surface area contributed by atoms with E-state index >= 15 is 0 Å². The number of piperidine rings is 1. The number of nitrogens with one attached hydrogen (secondary N) is 2. The summed E-state index contributed by atoms with van der Waals surface area (Å²) >= 11 is 6.18. The van der Waals surface area contributed by atoms with Crippen LogP contribution in [-0.2, 0) is 22.6 Å². The SMILES string of the molecule is O=C(O)CCc1cccc(/C(Nc2ccc(CN3CCCCC3)cc2)=C2/C(=O)Nc3cc(Cl)ccc32)c1. The second kappa shape index (κ2) is 11.2. The Kier molecular flexibility index (Phi) is 7.58. The van der Waals surface area contributed by atoms with Gasteiger partial charge in [0.1, 0.15) is 0 Å². The van der Waals surface area contributed by atoms with Crippen LogP contribution in [0.15, 0.2) is 66.7 Å². The van der Waals surface area contributed by atoms with Crippen molar-refractivity contribution in [3.8, 4) is 0 Å². The van der Waals surface area contributed by atoms with E-state index < -0.39 is 5.97 Å². The molecular formula is C30H30ClN3O3. The van der Waals surface area contributed by atoms with Gasteiger partial charge in [-0.05, 0) is 79.4 Å². The van der Waals surface area contributed by atoms with Crippen LogP contribution in [0.5, 0.6) is 0 Å². The smallest absolute Gasteiger partial charge is 0.303 e. The lowest BCUT2D eigenvalue weighted by Crippen LogP contribution is -2.29. The predicted octanol–water partition coefficient (Wildman–Crippen LogP) is 6.28. The molecule has 0 radical (unpaired) electrons. The molecule has 37 heavy (non-hydrogen) atoms. The van der Waals surface area contributed by atoms with E-state index in [0.717, 1.165) is 42.0 Å². The van der Waals surface area contributed by atoms with Crippen molar-refractivity contribution in [1.82, 2.24) is 4.90 Å². The number of carboxylic acids is 1. The molecule has 0 aromatic heterocycles. The van der Waals surface area contributed by atoms with E-state index in [9.17, 15) is 9.59 Å². The number of aryl methyl sites for hydroxylation is 1. The van der Waals surface area contributed by atoms with Crippen LogP contribution in [-0.4, -0.2) is 35.0 Å². The van der Waals surface area contributed by atoms with Crippen molar-refractivity contribution >= 4 is 46.1 Å². The Hall–Kier alpha value is -3.61. The molecule has 0 unspecified atom stereocenters. The highest BCUT2D eigenvalue weighted by molar-refractivity contribution is 6.38. The summed E-state index contributed by atoms with van der Waals surface area (Å²) in [5.74, 6) is -1.05. The fourth-order valence-electron chi connectivity index (χ4n) is 5.02. The Labute approximate surface area is 222 Å². The van der Waals surface area contributed by atoms with E-state index in [4.69, 9.17) is 16.7 Å². The summed E-state index contributed by atoms with van der Waals surface area (Å²) in [4.78, 5) is 26.8. The molecule has 190 valence electrons. The van der Waals surface area contributed by atoms with E-state index in [1.54, 1.807) is 12.1 Å². The predicted molar refractivity (Wildman–Crippen MR) is 148 cm³/mol. The summed E-state index contributed by atoms with van der Waals surface area (Å²) in [5.41, 5.74) is 6.48. The van der Waals surface area contributed by atoms with Gasteiger partial charge in [-0.25, -0.2) is 0 Å². The van der Waals surface area contributed by atoms with Crippen molar-refractivity contribution < 1.29 is 14.7 Å². The third kappa shape index (κ3) is 6.04. The number of nitrogens with zero attached hydrogens (tertiary/aromatic N) is 1. The highest BCUT2D eigenvalue weighted by Gasteiger charge is 2.28. The first-order chi connectivity index (χ1) is 18.0. The highest BCUT2D eigenvalue weighted by Crippen LogP contribution is 2.39. The van der Waals surface area contributed by atoms with Gasteiger partial charge in [-0.3, -0.25) is 14.5 Å². The number of carbonyl (C=O) groups excluding carboxylic acids is 1. The molecule has 3 N–H and O–H groups in total. The van der Waals surface area contributed by atoms with Crippen LogP contribution in [0.2, 0.25) is 5.02 Å².